The summed E-state index contributed by atoms with van der Waals surface area (Å²) in [5.41, 5.74) is 2.62. The van der Waals surface area contributed by atoms with Gasteiger partial charge in [-0.05, 0) is 33.4 Å². The van der Waals surface area contributed by atoms with E-state index in [2.05, 4.69) is 31.3 Å². The van der Waals surface area contributed by atoms with Gasteiger partial charge < -0.3 is 5.43 Å². The van der Waals surface area contributed by atoms with Crippen LogP contribution in [0.25, 0.3) is 20.9 Å². The molecule has 3 rings (SSSR count). The van der Waals surface area contributed by atoms with Crippen molar-refractivity contribution >= 4 is 54.6 Å². The van der Waals surface area contributed by atoms with Crippen molar-refractivity contribution in [1.29, 1.82) is 0 Å². The summed E-state index contributed by atoms with van der Waals surface area (Å²) >= 11 is 6.60. The van der Waals surface area contributed by atoms with Gasteiger partial charge >= 0.3 is 0 Å². The molecule has 17 heavy (non-hydrogen) atoms. The molecule has 3 aromatic rings. The summed E-state index contributed by atoms with van der Waals surface area (Å²) in [6.45, 7) is 0. The van der Waals surface area contributed by atoms with E-state index in [0.29, 0.717) is 11.6 Å². The van der Waals surface area contributed by atoms with Crippen LogP contribution in [0.15, 0.2) is 27.4 Å². The minimum atomic E-state index is 0.663. The van der Waals surface area contributed by atoms with E-state index in [9.17, 15) is 0 Å². The number of aromatic nitrogens is 2. The van der Waals surface area contributed by atoms with Crippen LogP contribution in [0.4, 0.5) is 5.82 Å². The molecule has 3 N–H and O–H groups in total. The van der Waals surface area contributed by atoms with Gasteiger partial charge in [0.2, 0.25) is 0 Å². The maximum absolute atomic E-state index is 5.49. The lowest BCUT2D eigenvalue weighted by molar-refractivity contribution is 1.20. The van der Waals surface area contributed by atoms with Gasteiger partial charge in [0.1, 0.15) is 4.83 Å². The number of thiophene rings is 2. The first-order chi connectivity index (χ1) is 8.28. The number of nitrogens with one attached hydrogen (secondary N) is 1. The van der Waals surface area contributed by atoms with Gasteiger partial charge in [-0.25, -0.2) is 15.8 Å². The van der Waals surface area contributed by atoms with Gasteiger partial charge in [0.05, 0.1) is 10.3 Å². The first-order valence-electron chi connectivity index (χ1n) is 4.74. The Bertz CT molecular complexity index is 676. The number of anilines is 1. The largest absolute Gasteiger partial charge is 0.308 e. The second kappa shape index (κ2) is 4.34. The molecule has 0 bridgehead atoms. The van der Waals surface area contributed by atoms with Crippen LogP contribution in [0.3, 0.4) is 0 Å². The molecular weight excluding hydrogens is 320 g/mol. The lowest BCUT2D eigenvalue weighted by Crippen LogP contribution is -2.09. The molecule has 0 saturated heterocycles. The zero-order valence-corrected chi connectivity index (χ0v) is 11.7. The molecule has 0 aliphatic heterocycles. The van der Waals surface area contributed by atoms with Gasteiger partial charge in [-0.3, -0.25) is 0 Å². The van der Waals surface area contributed by atoms with Crippen molar-refractivity contribution in [3.63, 3.8) is 0 Å². The SMILES string of the molecule is NNc1nc(-c2cc(Br)cs2)nc2sccc12. The molecule has 0 radical (unpaired) electrons. The summed E-state index contributed by atoms with van der Waals surface area (Å²) < 4.78 is 1.04. The number of nitrogen functional groups attached to an aromatic ring is 1. The number of nitrogens with zero attached hydrogens (tertiary/aromatic N) is 2. The Labute approximate surface area is 114 Å². The van der Waals surface area contributed by atoms with E-state index in [4.69, 9.17) is 5.84 Å². The first-order valence-corrected chi connectivity index (χ1v) is 7.29. The Morgan fingerprint density at radius 1 is 1.29 bits per heavy atom. The summed E-state index contributed by atoms with van der Waals surface area (Å²) in [5, 5.41) is 4.94. The standard InChI is InChI=1S/C10H7BrN4S2/c11-5-3-7(17-4-5)9-13-8(15-12)6-1-2-16-10(6)14-9/h1-4H,12H2,(H,13,14,15). The molecule has 0 amide bonds. The zero-order valence-electron chi connectivity index (χ0n) is 8.48. The molecule has 86 valence electrons. The molecule has 0 unspecified atom stereocenters. The van der Waals surface area contributed by atoms with Gasteiger partial charge in [-0.15, -0.1) is 22.7 Å². The Morgan fingerprint density at radius 2 is 2.18 bits per heavy atom. The number of hydrogen-bond donors (Lipinski definition) is 2. The van der Waals surface area contributed by atoms with Crippen LogP contribution in [0.5, 0.6) is 0 Å². The maximum atomic E-state index is 5.49. The van der Waals surface area contributed by atoms with Gasteiger partial charge in [0, 0.05) is 9.85 Å². The molecule has 3 heterocycles. The van der Waals surface area contributed by atoms with Crippen molar-refractivity contribution in [1.82, 2.24) is 9.97 Å². The number of hydrazine groups is 1. The molecular formula is C10H7BrN4S2. The minimum absolute atomic E-state index is 0.663. The third-order valence-corrected chi connectivity index (χ3v) is 4.74. The number of halogens is 1. The van der Waals surface area contributed by atoms with E-state index in [1.807, 2.05) is 22.9 Å². The zero-order chi connectivity index (χ0) is 11.8. The monoisotopic (exact) mass is 326 g/mol. The lowest BCUT2D eigenvalue weighted by atomic mass is 10.3. The third kappa shape index (κ3) is 1.95. The summed E-state index contributed by atoms with van der Waals surface area (Å²) in [5.74, 6) is 6.85. The second-order valence-corrected chi connectivity index (χ2v) is 6.03. The van der Waals surface area contributed by atoms with Gasteiger partial charge in [0.15, 0.2) is 11.6 Å². The molecule has 0 spiro atoms. The van der Waals surface area contributed by atoms with E-state index in [1.165, 1.54) is 0 Å². The maximum Gasteiger partial charge on any atom is 0.173 e. The highest BCUT2D eigenvalue weighted by Crippen LogP contribution is 2.32. The van der Waals surface area contributed by atoms with E-state index >= 15 is 0 Å². The van der Waals surface area contributed by atoms with Crippen LogP contribution in [0.2, 0.25) is 0 Å². The van der Waals surface area contributed by atoms with E-state index < -0.39 is 0 Å². The van der Waals surface area contributed by atoms with Gasteiger partial charge in [0.25, 0.3) is 0 Å². The van der Waals surface area contributed by atoms with Crippen LogP contribution in [0, 0.1) is 0 Å². The van der Waals surface area contributed by atoms with Crippen molar-refractivity contribution in [2.75, 3.05) is 5.43 Å². The molecule has 0 atom stereocenters. The predicted molar refractivity (Wildman–Crippen MR) is 76.2 cm³/mol. The quantitative estimate of drug-likeness (QED) is 0.559. The molecule has 3 aromatic heterocycles. The fraction of sp³-hybridized carbons (Fsp3) is 0. The molecule has 4 nitrogen and oxygen atoms in total. The Balaban J connectivity index is 2.23. The average Bonchev–Trinajstić information content (AvgIpc) is 2.95. The van der Waals surface area contributed by atoms with Gasteiger partial charge in [-0.2, -0.15) is 0 Å². The Morgan fingerprint density at radius 3 is 2.88 bits per heavy atom. The topological polar surface area (TPSA) is 63.8 Å². The first kappa shape index (κ1) is 11.1. The lowest BCUT2D eigenvalue weighted by Gasteiger charge is -2.03. The molecule has 0 aromatic carbocycles. The Kier molecular flexibility index (Phi) is 2.83. The summed E-state index contributed by atoms with van der Waals surface area (Å²) in [6, 6.07) is 3.96. The predicted octanol–water partition coefficient (Wildman–Crippen LogP) is 3.47. The van der Waals surface area contributed by atoms with Crippen molar-refractivity contribution < 1.29 is 0 Å². The number of nitrogens with two attached hydrogens (primary N) is 1. The average molecular weight is 327 g/mol. The van der Waals surface area contributed by atoms with E-state index in [-0.39, 0.29) is 0 Å². The van der Waals surface area contributed by atoms with Crippen molar-refractivity contribution in [3.8, 4) is 10.7 Å². The van der Waals surface area contributed by atoms with E-state index in [0.717, 1.165) is 19.6 Å². The number of fused-ring (bicyclic) bond motifs is 1. The molecule has 7 heteroatoms. The smallest absolute Gasteiger partial charge is 0.173 e. The van der Waals surface area contributed by atoms with Crippen molar-refractivity contribution in [2.45, 2.75) is 0 Å². The minimum Gasteiger partial charge on any atom is -0.308 e. The van der Waals surface area contributed by atoms with Crippen LogP contribution >= 0.6 is 38.6 Å². The van der Waals surface area contributed by atoms with Crippen LogP contribution in [-0.2, 0) is 0 Å². The summed E-state index contributed by atoms with van der Waals surface area (Å²) in [7, 11) is 0. The van der Waals surface area contributed by atoms with Crippen molar-refractivity contribution in [2.24, 2.45) is 5.84 Å². The molecule has 0 aliphatic carbocycles. The van der Waals surface area contributed by atoms with Gasteiger partial charge in [-0.1, -0.05) is 0 Å². The molecule has 0 aliphatic rings. The summed E-state index contributed by atoms with van der Waals surface area (Å²) in [6.07, 6.45) is 0. The van der Waals surface area contributed by atoms with E-state index in [1.54, 1.807) is 22.7 Å². The van der Waals surface area contributed by atoms with Crippen molar-refractivity contribution in [3.05, 3.63) is 27.4 Å². The third-order valence-electron chi connectivity index (χ3n) is 2.25. The fourth-order valence-corrected chi connectivity index (χ4v) is 3.63. The van der Waals surface area contributed by atoms with Crippen LogP contribution in [-0.4, -0.2) is 9.97 Å². The normalized spacial score (nSPS) is 10.9. The number of rotatable bonds is 2. The molecule has 0 fully saturated rings. The van der Waals surface area contributed by atoms with Crippen LogP contribution < -0.4 is 11.3 Å². The number of hydrogen-bond acceptors (Lipinski definition) is 6. The van der Waals surface area contributed by atoms with Crippen LogP contribution in [0.1, 0.15) is 0 Å². The fourth-order valence-electron chi connectivity index (χ4n) is 1.51. The molecule has 0 saturated carbocycles. The second-order valence-electron chi connectivity index (χ2n) is 3.31. The highest BCUT2D eigenvalue weighted by Gasteiger charge is 2.10. The Hall–Kier alpha value is -1.02. The highest BCUT2D eigenvalue weighted by molar-refractivity contribution is 9.10. The highest BCUT2D eigenvalue weighted by atomic mass is 79.9. The summed E-state index contributed by atoms with van der Waals surface area (Å²) in [4.78, 5) is 10.9.